The van der Waals surface area contributed by atoms with Gasteiger partial charge in [0.25, 0.3) is 0 Å². The first-order valence-electron chi connectivity index (χ1n) is 6.59. The maximum Gasteiger partial charge on any atom is 0.306 e. The van der Waals surface area contributed by atoms with Crippen LogP contribution in [0.25, 0.3) is 0 Å². The van der Waals surface area contributed by atoms with Crippen molar-refractivity contribution in [3.05, 3.63) is 22.4 Å². The quantitative estimate of drug-likeness (QED) is 0.921. The number of nitrogens with zero attached hydrogens (tertiary/aromatic N) is 1. The largest absolute Gasteiger partial charge is 0.481 e. The lowest BCUT2D eigenvalue weighted by Crippen LogP contribution is -2.45. The third kappa shape index (κ3) is 3.56. The van der Waals surface area contributed by atoms with Crippen LogP contribution in [-0.4, -0.2) is 35.0 Å². The van der Waals surface area contributed by atoms with E-state index in [0.717, 1.165) is 6.42 Å². The zero-order chi connectivity index (χ0) is 13.8. The topological polar surface area (TPSA) is 57.6 Å². The lowest BCUT2D eigenvalue weighted by atomic mass is 9.87. The van der Waals surface area contributed by atoms with Gasteiger partial charge in [0.05, 0.1) is 5.92 Å². The summed E-state index contributed by atoms with van der Waals surface area (Å²) in [4.78, 5) is 24.9. The molecule has 2 unspecified atom stereocenters. The first-order valence-corrected chi connectivity index (χ1v) is 7.54. The number of carbonyl (C=O) groups is 2. The van der Waals surface area contributed by atoms with Crippen molar-refractivity contribution < 1.29 is 14.7 Å². The van der Waals surface area contributed by atoms with Gasteiger partial charge in [-0.05, 0) is 41.1 Å². The molecule has 1 aliphatic heterocycles. The Labute approximate surface area is 117 Å². The molecule has 0 saturated carbocycles. The number of carbonyl (C=O) groups excluding carboxylic acids is 1. The summed E-state index contributed by atoms with van der Waals surface area (Å²) < 4.78 is 0. The van der Waals surface area contributed by atoms with Crippen LogP contribution in [0.5, 0.6) is 0 Å². The molecule has 2 heterocycles. The van der Waals surface area contributed by atoms with E-state index >= 15 is 0 Å². The van der Waals surface area contributed by atoms with Gasteiger partial charge in [0.1, 0.15) is 0 Å². The Kier molecular flexibility index (Phi) is 4.58. The van der Waals surface area contributed by atoms with Crippen LogP contribution in [-0.2, 0) is 16.0 Å². The number of aliphatic carboxylic acids is 1. The van der Waals surface area contributed by atoms with Crippen LogP contribution in [0.2, 0.25) is 0 Å². The number of amides is 1. The average molecular weight is 281 g/mol. The predicted octanol–water partition coefficient (Wildman–Crippen LogP) is 2.25. The minimum Gasteiger partial charge on any atom is -0.481 e. The molecule has 1 aromatic rings. The van der Waals surface area contributed by atoms with Gasteiger partial charge >= 0.3 is 5.97 Å². The van der Waals surface area contributed by atoms with Crippen molar-refractivity contribution >= 4 is 23.2 Å². The normalized spacial score (nSPS) is 23.3. The molecular weight excluding hydrogens is 262 g/mol. The molecule has 5 heteroatoms. The Morgan fingerprint density at radius 1 is 1.53 bits per heavy atom. The summed E-state index contributed by atoms with van der Waals surface area (Å²) in [6, 6.07) is 2.04. The third-order valence-electron chi connectivity index (χ3n) is 3.78. The number of piperidine rings is 1. The summed E-state index contributed by atoms with van der Waals surface area (Å²) in [6.07, 6.45) is 1.86. The lowest BCUT2D eigenvalue weighted by Gasteiger charge is -2.35. The molecule has 0 bridgehead atoms. The highest BCUT2D eigenvalue weighted by molar-refractivity contribution is 7.07. The van der Waals surface area contributed by atoms with E-state index in [4.69, 9.17) is 5.11 Å². The SMILES string of the molecule is CC1CN(C(=O)CCc2ccsc2)CCC1C(=O)O. The summed E-state index contributed by atoms with van der Waals surface area (Å²) in [7, 11) is 0. The van der Waals surface area contributed by atoms with E-state index in [-0.39, 0.29) is 17.7 Å². The highest BCUT2D eigenvalue weighted by atomic mass is 32.1. The monoisotopic (exact) mass is 281 g/mol. The Bertz CT molecular complexity index is 444. The molecule has 0 radical (unpaired) electrons. The van der Waals surface area contributed by atoms with Crippen molar-refractivity contribution in [1.82, 2.24) is 4.90 Å². The molecule has 1 aliphatic rings. The number of carboxylic acid groups (broad SMARTS) is 1. The van der Waals surface area contributed by atoms with Crippen LogP contribution < -0.4 is 0 Å². The first kappa shape index (κ1) is 14.1. The molecule has 4 nitrogen and oxygen atoms in total. The molecule has 1 saturated heterocycles. The van der Waals surface area contributed by atoms with Gasteiger partial charge in [-0.25, -0.2) is 0 Å². The van der Waals surface area contributed by atoms with Crippen molar-refractivity contribution in [3.63, 3.8) is 0 Å². The standard InChI is InChI=1S/C14H19NO3S/c1-10-8-15(6-4-12(10)14(17)18)13(16)3-2-11-5-7-19-9-11/h5,7,9-10,12H,2-4,6,8H2,1H3,(H,17,18). The van der Waals surface area contributed by atoms with Gasteiger partial charge in [0, 0.05) is 19.5 Å². The van der Waals surface area contributed by atoms with Crippen molar-refractivity contribution in [2.45, 2.75) is 26.2 Å². The van der Waals surface area contributed by atoms with E-state index in [1.807, 2.05) is 23.3 Å². The molecule has 1 N–H and O–H groups in total. The van der Waals surface area contributed by atoms with E-state index in [0.29, 0.717) is 25.9 Å². The van der Waals surface area contributed by atoms with E-state index in [2.05, 4.69) is 5.38 Å². The summed E-state index contributed by atoms with van der Waals surface area (Å²) >= 11 is 1.64. The summed E-state index contributed by atoms with van der Waals surface area (Å²) in [5.74, 6) is -0.864. The van der Waals surface area contributed by atoms with E-state index in [1.165, 1.54) is 5.56 Å². The second kappa shape index (κ2) is 6.19. The molecule has 1 aromatic heterocycles. The maximum atomic E-state index is 12.1. The predicted molar refractivity (Wildman–Crippen MR) is 74.1 cm³/mol. The molecule has 0 aliphatic carbocycles. The Balaban J connectivity index is 1.82. The molecule has 1 amide bonds. The number of rotatable bonds is 4. The third-order valence-corrected chi connectivity index (χ3v) is 4.51. The van der Waals surface area contributed by atoms with Crippen LogP contribution in [0.1, 0.15) is 25.3 Å². The molecule has 2 rings (SSSR count). The lowest BCUT2D eigenvalue weighted by molar-refractivity contribution is -0.148. The Hall–Kier alpha value is -1.36. The van der Waals surface area contributed by atoms with Crippen LogP contribution in [0.15, 0.2) is 16.8 Å². The smallest absolute Gasteiger partial charge is 0.306 e. The molecule has 104 valence electrons. The zero-order valence-electron chi connectivity index (χ0n) is 11.0. The van der Waals surface area contributed by atoms with Crippen molar-refractivity contribution in [2.75, 3.05) is 13.1 Å². The van der Waals surface area contributed by atoms with Gasteiger partial charge in [0.15, 0.2) is 0 Å². The fourth-order valence-electron chi connectivity index (χ4n) is 2.58. The minimum atomic E-state index is -0.738. The highest BCUT2D eigenvalue weighted by Gasteiger charge is 2.32. The van der Waals surface area contributed by atoms with Crippen molar-refractivity contribution in [2.24, 2.45) is 11.8 Å². The van der Waals surface area contributed by atoms with Gasteiger partial charge in [-0.1, -0.05) is 6.92 Å². The minimum absolute atomic E-state index is 0.0383. The van der Waals surface area contributed by atoms with Crippen LogP contribution >= 0.6 is 11.3 Å². The summed E-state index contributed by atoms with van der Waals surface area (Å²) in [5.41, 5.74) is 1.20. The molecule has 1 fully saturated rings. The molecular formula is C14H19NO3S. The van der Waals surface area contributed by atoms with E-state index < -0.39 is 5.97 Å². The van der Waals surface area contributed by atoms with Crippen LogP contribution in [0.4, 0.5) is 0 Å². The number of likely N-dealkylation sites (tertiary alicyclic amines) is 1. The van der Waals surface area contributed by atoms with E-state index in [9.17, 15) is 9.59 Å². The second-order valence-corrected chi connectivity index (χ2v) is 5.96. The van der Waals surface area contributed by atoms with Crippen LogP contribution in [0, 0.1) is 11.8 Å². The van der Waals surface area contributed by atoms with E-state index in [1.54, 1.807) is 11.3 Å². The zero-order valence-corrected chi connectivity index (χ0v) is 11.9. The average Bonchev–Trinajstić information content (AvgIpc) is 2.88. The van der Waals surface area contributed by atoms with Gasteiger partial charge in [0.2, 0.25) is 5.91 Å². The Morgan fingerprint density at radius 2 is 2.32 bits per heavy atom. The van der Waals surface area contributed by atoms with Gasteiger partial charge < -0.3 is 10.0 Å². The fourth-order valence-corrected chi connectivity index (χ4v) is 3.29. The van der Waals surface area contributed by atoms with Gasteiger partial charge in [-0.15, -0.1) is 0 Å². The highest BCUT2D eigenvalue weighted by Crippen LogP contribution is 2.24. The number of hydrogen-bond acceptors (Lipinski definition) is 3. The van der Waals surface area contributed by atoms with Crippen LogP contribution in [0.3, 0.4) is 0 Å². The molecule has 2 atom stereocenters. The van der Waals surface area contributed by atoms with Gasteiger partial charge in [-0.2, -0.15) is 11.3 Å². The van der Waals surface area contributed by atoms with Gasteiger partial charge in [-0.3, -0.25) is 9.59 Å². The van der Waals surface area contributed by atoms with Crippen molar-refractivity contribution in [1.29, 1.82) is 0 Å². The molecule has 19 heavy (non-hydrogen) atoms. The molecule has 0 spiro atoms. The second-order valence-electron chi connectivity index (χ2n) is 5.18. The summed E-state index contributed by atoms with van der Waals surface area (Å²) in [6.45, 7) is 3.06. The number of hydrogen-bond donors (Lipinski definition) is 1. The Morgan fingerprint density at radius 3 is 2.89 bits per heavy atom. The summed E-state index contributed by atoms with van der Waals surface area (Å²) in [5, 5.41) is 13.1. The fraction of sp³-hybridized carbons (Fsp3) is 0.571. The number of aryl methyl sites for hydroxylation is 1. The maximum absolute atomic E-state index is 12.1. The first-order chi connectivity index (χ1) is 9.08. The molecule has 0 aromatic carbocycles. The number of thiophene rings is 1. The number of carboxylic acids is 1. The van der Waals surface area contributed by atoms with Crippen molar-refractivity contribution in [3.8, 4) is 0 Å².